The smallest absolute Gasteiger partial charge is 0.255 e. The maximum absolute atomic E-state index is 13.0. The molecule has 1 amide bonds. The molecule has 5 nitrogen and oxygen atoms in total. The third-order valence-corrected chi connectivity index (χ3v) is 6.14. The Kier molecular flexibility index (Phi) is 6.01. The number of halogens is 1. The first-order chi connectivity index (χ1) is 14.6. The molecule has 30 heavy (non-hydrogen) atoms. The van der Waals surface area contributed by atoms with E-state index >= 15 is 0 Å². The van der Waals surface area contributed by atoms with Crippen LogP contribution in [0.2, 0.25) is 0 Å². The van der Waals surface area contributed by atoms with E-state index in [0.717, 1.165) is 20.8 Å². The second kappa shape index (κ2) is 8.85. The number of ether oxygens (including phenoxy) is 2. The Balaban J connectivity index is 1.67. The van der Waals surface area contributed by atoms with Gasteiger partial charge in [0.15, 0.2) is 11.5 Å². The van der Waals surface area contributed by atoms with Gasteiger partial charge in [-0.1, -0.05) is 24.3 Å². The van der Waals surface area contributed by atoms with Gasteiger partial charge in [0.2, 0.25) is 0 Å². The van der Waals surface area contributed by atoms with Gasteiger partial charge in [0, 0.05) is 11.1 Å². The molecule has 7 heteroatoms. The molecule has 0 atom stereocenters. The highest BCUT2D eigenvalue weighted by atomic mass is 79.9. The quantitative estimate of drug-likeness (QED) is 0.346. The second-order valence-corrected chi connectivity index (χ2v) is 8.29. The molecule has 1 aromatic heterocycles. The lowest BCUT2D eigenvalue weighted by atomic mass is 10.1. The summed E-state index contributed by atoms with van der Waals surface area (Å²) >= 11 is 5.07. The molecular formula is C23H19BrN2O3S. The monoisotopic (exact) mass is 482 g/mol. The summed E-state index contributed by atoms with van der Waals surface area (Å²) < 4.78 is 12.8. The van der Waals surface area contributed by atoms with Crippen molar-refractivity contribution >= 4 is 49.1 Å². The summed E-state index contributed by atoms with van der Waals surface area (Å²) in [4.78, 5) is 17.7. The highest BCUT2D eigenvalue weighted by Gasteiger charge is 2.17. The average molecular weight is 483 g/mol. The Morgan fingerprint density at radius 1 is 1.13 bits per heavy atom. The van der Waals surface area contributed by atoms with Crippen molar-refractivity contribution in [2.24, 2.45) is 0 Å². The maximum Gasteiger partial charge on any atom is 0.255 e. The first-order valence-corrected chi connectivity index (χ1v) is 11.0. The molecule has 0 radical (unpaired) electrons. The van der Waals surface area contributed by atoms with Crippen molar-refractivity contribution < 1.29 is 14.3 Å². The number of nitrogens with one attached hydrogen (secondary N) is 1. The Labute approximate surface area is 186 Å². The minimum Gasteiger partial charge on any atom is -0.493 e. The molecular weight excluding hydrogens is 464 g/mol. The van der Waals surface area contributed by atoms with Crippen molar-refractivity contribution in [2.45, 2.75) is 6.92 Å². The van der Waals surface area contributed by atoms with Crippen LogP contribution < -0.4 is 14.8 Å². The summed E-state index contributed by atoms with van der Waals surface area (Å²) in [6, 6.07) is 19.1. The topological polar surface area (TPSA) is 60.5 Å². The van der Waals surface area contributed by atoms with Crippen molar-refractivity contribution in [1.82, 2.24) is 4.98 Å². The number of hydrogen-bond donors (Lipinski definition) is 1. The van der Waals surface area contributed by atoms with Gasteiger partial charge in [-0.2, -0.15) is 0 Å². The number of carbonyl (C=O) groups is 1. The number of para-hydroxylation sites is 2. The van der Waals surface area contributed by atoms with Crippen LogP contribution in [0.15, 0.2) is 65.1 Å². The van der Waals surface area contributed by atoms with E-state index in [1.54, 1.807) is 30.6 Å². The van der Waals surface area contributed by atoms with Crippen LogP contribution >= 0.6 is 27.3 Å². The van der Waals surface area contributed by atoms with Gasteiger partial charge in [-0.05, 0) is 59.3 Å². The van der Waals surface area contributed by atoms with Crippen molar-refractivity contribution in [1.29, 1.82) is 0 Å². The number of aromatic nitrogens is 1. The van der Waals surface area contributed by atoms with E-state index in [9.17, 15) is 4.79 Å². The van der Waals surface area contributed by atoms with E-state index < -0.39 is 0 Å². The number of anilines is 1. The van der Waals surface area contributed by atoms with E-state index in [-0.39, 0.29) is 5.91 Å². The number of nitrogens with zero attached hydrogens (tertiary/aromatic N) is 1. The summed E-state index contributed by atoms with van der Waals surface area (Å²) in [7, 11) is 1.55. The lowest BCUT2D eigenvalue weighted by molar-refractivity contribution is 0.102. The van der Waals surface area contributed by atoms with Gasteiger partial charge in [-0.25, -0.2) is 4.98 Å². The van der Waals surface area contributed by atoms with Crippen LogP contribution in [0.1, 0.15) is 17.3 Å². The third kappa shape index (κ3) is 4.04. The fourth-order valence-corrected chi connectivity index (χ4v) is 4.66. The zero-order chi connectivity index (χ0) is 21.1. The molecule has 152 valence electrons. The fourth-order valence-electron chi connectivity index (χ4n) is 3.10. The van der Waals surface area contributed by atoms with Gasteiger partial charge in [0.1, 0.15) is 5.01 Å². The van der Waals surface area contributed by atoms with Gasteiger partial charge in [0.25, 0.3) is 5.91 Å². The van der Waals surface area contributed by atoms with Gasteiger partial charge in [-0.15, -0.1) is 11.3 Å². The molecule has 0 fully saturated rings. The predicted molar refractivity (Wildman–Crippen MR) is 125 cm³/mol. The van der Waals surface area contributed by atoms with E-state index in [0.29, 0.717) is 33.8 Å². The number of rotatable bonds is 6. The number of thiazole rings is 1. The van der Waals surface area contributed by atoms with Crippen LogP contribution in [0.3, 0.4) is 0 Å². The van der Waals surface area contributed by atoms with Gasteiger partial charge in [0.05, 0.1) is 34.1 Å². The highest BCUT2D eigenvalue weighted by Crippen LogP contribution is 2.38. The van der Waals surface area contributed by atoms with E-state index in [1.807, 2.05) is 55.5 Å². The van der Waals surface area contributed by atoms with Crippen LogP contribution in [0.25, 0.3) is 20.8 Å². The predicted octanol–water partition coefficient (Wildman–Crippen LogP) is 6.39. The Morgan fingerprint density at radius 2 is 1.90 bits per heavy atom. The standard InChI is InChI=1S/C23H19BrN2O3S/c1-3-29-21-16(24)12-14(13-19(21)28-2)22(27)25-17-9-5-4-8-15(17)23-26-18-10-6-7-11-20(18)30-23/h4-13H,3H2,1-2H3,(H,25,27). The van der Waals surface area contributed by atoms with E-state index in [4.69, 9.17) is 14.5 Å². The highest BCUT2D eigenvalue weighted by molar-refractivity contribution is 9.10. The molecule has 0 spiro atoms. The van der Waals surface area contributed by atoms with Crippen molar-refractivity contribution in [2.75, 3.05) is 19.0 Å². The van der Waals surface area contributed by atoms with Gasteiger partial charge in [-0.3, -0.25) is 4.79 Å². The zero-order valence-electron chi connectivity index (χ0n) is 16.4. The van der Waals surface area contributed by atoms with Crippen LogP contribution in [0, 0.1) is 0 Å². The van der Waals surface area contributed by atoms with Crippen LogP contribution in [-0.4, -0.2) is 24.6 Å². The Morgan fingerprint density at radius 3 is 2.67 bits per heavy atom. The summed E-state index contributed by atoms with van der Waals surface area (Å²) in [6.07, 6.45) is 0. The second-order valence-electron chi connectivity index (χ2n) is 6.41. The van der Waals surface area contributed by atoms with Gasteiger partial charge >= 0.3 is 0 Å². The first kappa shape index (κ1) is 20.4. The molecule has 1 heterocycles. The first-order valence-electron chi connectivity index (χ1n) is 9.37. The maximum atomic E-state index is 13.0. The minimum absolute atomic E-state index is 0.245. The summed E-state index contributed by atoms with van der Waals surface area (Å²) in [5.41, 5.74) is 2.98. The van der Waals surface area contributed by atoms with Crippen molar-refractivity contribution in [3.8, 4) is 22.1 Å². The molecule has 0 bridgehead atoms. The molecule has 4 aromatic rings. The molecule has 4 rings (SSSR count). The number of fused-ring (bicyclic) bond motifs is 1. The summed E-state index contributed by atoms with van der Waals surface area (Å²) in [5, 5.41) is 3.87. The van der Waals surface area contributed by atoms with Crippen LogP contribution in [0.4, 0.5) is 5.69 Å². The van der Waals surface area contributed by atoms with Crippen molar-refractivity contribution in [3.05, 3.63) is 70.7 Å². The van der Waals surface area contributed by atoms with Gasteiger partial charge < -0.3 is 14.8 Å². The Hall–Kier alpha value is -2.90. The summed E-state index contributed by atoms with van der Waals surface area (Å²) in [5.74, 6) is 0.827. The molecule has 0 saturated carbocycles. The minimum atomic E-state index is -0.245. The van der Waals surface area contributed by atoms with Crippen LogP contribution in [0.5, 0.6) is 11.5 Å². The van der Waals surface area contributed by atoms with Crippen LogP contribution in [-0.2, 0) is 0 Å². The lowest BCUT2D eigenvalue weighted by Gasteiger charge is -2.14. The molecule has 1 N–H and O–H groups in total. The number of benzene rings is 3. The lowest BCUT2D eigenvalue weighted by Crippen LogP contribution is -2.13. The zero-order valence-corrected chi connectivity index (χ0v) is 18.8. The molecule has 0 aliphatic rings. The number of carbonyl (C=O) groups excluding carboxylic acids is 1. The number of hydrogen-bond acceptors (Lipinski definition) is 5. The molecule has 0 aliphatic heterocycles. The average Bonchev–Trinajstić information content (AvgIpc) is 3.19. The number of methoxy groups -OCH3 is 1. The van der Waals surface area contributed by atoms with E-state index in [2.05, 4.69) is 21.2 Å². The fraction of sp³-hybridized carbons (Fsp3) is 0.130. The largest absolute Gasteiger partial charge is 0.493 e. The molecule has 3 aromatic carbocycles. The number of amides is 1. The molecule has 0 aliphatic carbocycles. The third-order valence-electron chi connectivity index (χ3n) is 4.48. The SMILES string of the molecule is CCOc1c(Br)cc(C(=O)Nc2ccccc2-c2nc3ccccc3s2)cc1OC. The van der Waals surface area contributed by atoms with Crippen molar-refractivity contribution in [3.63, 3.8) is 0 Å². The molecule has 0 unspecified atom stereocenters. The molecule has 0 saturated heterocycles. The normalized spacial score (nSPS) is 10.8. The van der Waals surface area contributed by atoms with E-state index in [1.165, 1.54) is 0 Å². The Bertz CT molecular complexity index is 1190. The summed E-state index contributed by atoms with van der Waals surface area (Å²) in [6.45, 7) is 2.39.